The van der Waals surface area contributed by atoms with Crippen LogP contribution in [0.5, 0.6) is 11.5 Å². The summed E-state index contributed by atoms with van der Waals surface area (Å²) in [6.45, 7) is 1.70. The summed E-state index contributed by atoms with van der Waals surface area (Å²) in [5.74, 6) is -1.41. The predicted molar refractivity (Wildman–Crippen MR) is 109 cm³/mol. The van der Waals surface area contributed by atoms with E-state index in [4.69, 9.17) is 9.47 Å². The van der Waals surface area contributed by atoms with E-state index in [0.717, 1.165) is 36.7 Å². The fourth-order valence-corrected chi connectivity index (χ4v) is 3.48. The van der Waals surface area contributed by atoms with Gasteiger partial charge in [0.25, 0.3) is 5.92 Å². The number of rotatable bonds is 6. The van der Waals surface area contributed by atoms with E-state index in [1.807, 2.05) is 18.2 Å². The van der Waals surface area contributed by atoms with Gasteiger partial charge in [-0.3, -0.25) is 10.1 Å². The van der Waals surface area contributed by atoms with Gasteiger partial charge in [-0.2, -0.15) is 0 Å². The van der Waals surface area contributed by atoms with Gasteiger partial charge in [0, 0.05) is 49.9 Å². The van der Waals surface area contributed by atoms with Crippen LogP contribution in [0.2, 0.25) is 0 Å². The Morgan fingerprint density at radius 2 is 1.89 bits per heavy atom. The van der Waals surface area contributed by atoms with Crippen LogP contribution in [0.15, 0.2) is 18.2 Å². The predicted octanol–water partition coefficient (Wildman–Crippen LogP) is 2.49. The highest BCUT2D eigenvalue weighted by Crippen LogP contribution is 2.31. The first-order valence-electron chi connectivity index (χ1n) is 8.77. The zero-order valence-corrected chi connectivity index (χ0v) is 17.5. The third-order valence-corrected chi connectivity index (χ3v) is 4.98. The Labute approximate surface area is 176 Å². The molecule has 2 fully saturated rings. The SMILES string of the molecule is COc1cc(OC)cc(N2CCC(CNC(=O)C3CC(F)(F)CN3)C2)c1.Cl.Cl. The molecule has 10 heteroatoms. The molecule has 2 aliphatic heterocycles. The van der Waals surface area contributed by atoms with Crippen molar-refractivity contribution in [3.05, 3.63) is 18.2 Å². The molecule has 2 saturated heterocycles. The van der Waals surface area contributed by atoms with Crippen LogP contribution in [-0.2, 0) is 4.79 Å². The molecule has 1 aromatic rings. The fraction of sp³-hybridized carbons (Fsp3) is 0.611. The molecule has 0 saturated carbocycles. The van der Waals surface area contributed by atoms with Crippen LogP contribution in [-0.4, -0.2) is 58.3 Å². The molecule has 2 unspecified atom stereocenters. The molecule has 2 N–H and O–H groups in total. The van der Waals surface area contributed by atoms with Gasteiger partial charge in [-0.25, -0.2) is 8.78 Å². The highest BCUT2D eigenvalue weighted by atomic mass is 35.5. The Hall–Kier alpha value is -1.51. The van der Waals surface area contributed by atoms with Crippen LogP contribution < -0.4 is 25.0 Å². The summed E-state index contributed by atoms with van der Waals surface area (Å²) in [6, 6.07) is 4.93. The van der Waals surface area contributed by atoms with Crippen molar-refractivity contribution in [1.82, 2.24) is 10.6 Å². The van der Waals surface area contributed by atoms with Gasteiger partial charge in [0.15, 0.2) is 0 Å². The number of amides is 1. The molecular formula is C18H27Cl2F2N3O3. The number of carbonyl (C=O) groups is 1. The largest absolute Gasteiger partial charge is 0.497 e. The monoisotopic (exact) mass is 441 g/mol. The number of anilines is 1. The second kappa shape index (κ2) is 10.3. The van der Waals surface area contributed by atoms with Crippen molar-refractivity contribution in [3.63, 3.8) is 0 Å². The van der Waals surface area contributed by atoms with Crippen LogP contribution in [0.25, 0.3) is 0 Å². The third-order valence-electron chi connectivity index (χ3n) is 4.98. The van der Waals surface area contributed by atoms with Gasteiger partial charge in [-0.15, -0.1) is 24.8 Å². The molecule has 160 valence electrons. The van der Waals surface area contributed by atoms with Crippen molar-refractivity contribution in [2.24, 2.45) is 5.92 Å². The van der Waals surface area contributed by atoms with E-state index in [-0.39, 0.29) is 36.6 Å². The maximum absolute atomic E-state index is 13.2. The van der Waals surface area contributed by atoms with Crippen molar-refractivity contribution in [2.75, 3.05) is 45.3 Å². The molecule has 2 heterocycles. The second-order valence-corrected chi connectivity index (χ2v) is 6.91. The molecule has 0 radical (unpaired) electrons. The molecule has 1 amide bonds. The van der Waals surface area contributed by atoms with Gasteiger partial charge < -0.3 is 19.7 Å². The molecule has 2 aliphatic rings. The maximum Gasteiger partial charge on any atom is 0.262 e. The summed E-state index contributed by atoms with van der Waals surface area (Å²) < 4.78 is 37.0. The Morgan fingerprint density at radius 3 is 2.43 bits per heavy atom. The summed E-state index contributed by atoms with van der Waals surface area (Å²) >= 11 is 0. The third kappa shape index (κ3) is 5.99. The topological polar surface area (TPSA) is 62.8 Å². The van der Waals surface area contributed by atoms with Crippen molar-refractivity contribution in [2.45, 2.75) is 24.8 Å². The van der Waals surface area contributed by atoms with E-state index in [1.165, 1.54) is 0 Å². The number of hydrogen-bond donors (Lipinski definition) is 2. The van der Waals surface area contributed by atoms with Gasteiger partial charge in [-0.1, -0.05) is 0 Å². The van der Waals surface area contributed by atoms with Crippen LogP contribution in [0, 0.1) is 5.92 Å². The van der Waals surface area contributed by atoms with Crippen LogP contribution in [0.3, 0.4) is 0 Å². The number of halogens is 4. The lowest BCUT2D eigenvalue weighted by atomic mass is 10.1. The van der Waals surface area contributed by atoms with E-state index in [2.05, 4.69) is 15.5 Å². The Balaban J connectivity index is 0.00000196. The number of methoxy groups -OCH3 is 2. The number of nitrogens with one attached hydrogen (secondary N) is 2. The fourth-order valence-electron chi connectivity index (χ4n) is 3.48. The highest BCUT2D eigenvalue weighted by molar-refractivity contribution is 5.85. The van der Waals surface area contributed by atoms with Crippen molar-refractivity contribution >= 4 is 36.4 Å². The maximum atomic E-state index is 13.2. The first-order chi connectivity index (χ1) is 12.4. The van der Waals surface area contributed by atoms with Crippen LogP contribution >= 0.6 is 24.8 Å². The quantitative estimate of drug-likeness (QED) is 0.709. The van der Waals surface area contributed by atoms with Crippen LogP contribution in [0.1, 0.15) is 12.8 Å². The van der Waals surface area contributed by atoms with E-state index >= 15 is 0 Å². The first-order valence-corrected chi connectivity index (χ1v) is 8.77. The lowest BCUT2D eigenvalue weighted by Gasteiger charge is -2.21. The highest BCUT2D eigenvalue weighted by Gasteiger charge is 2.42. The van der Waals surface area contributed by atoms with E-state index < -0.39 is 24.9 Å². The van der Waals surface area contributed by atoms with Gasteiger partial charge >= 0.3 is 0 Å². The standard InChI is InChI=1S/C18H25F2N3O3.2ClH/c1-25-14-5-13(6-15(7-14)26-2)23-4-3-12(10-23)9-21-17(24)16-8-18(19,20)11-22-16;;/h5-7,12,16,22H,3-4,8-11H2,1-2H3,(H,21,24);2*1H. The summed E-state index contributed by atoms with van der Waals surface area (Å²) in [5, 5.41) is 5.39. The normalized spacial score (nSPS) is 22.8. The minimum absolute atomic E-state index is 0. The molecule has 3 rings (SSSR count). The van der Waals surface area contributed by atoms with Crippen molar-refractivity contribution in [1.29, 1.82) is 0 Å². The van der Waals surface area contributed by atoms with Gasteiger partial charge in [0.1, 0.15) is 11.5 Å². The molecule has 0 spiro atoms. The number of ether oxygens (including phenoxy) is 2. The molecule has 0 aliphatic carbocycles. The number of carbonyl (C=O) groups excluding carboxylic acids is 1. The molecule has 1 aromatic carbocycles. The smallest absolute Gasteiger partial charge is 0.262 e. The van der Waals surface area contributed by atoms with E-state index in [9.17, 15) is 13.6 Å². The van der Waals surface area contributed by atoms with Crippen LogP contribution in [0.4, 0.5) is 14.5 Å². The van der Waals surface area contributed by atoms with Crippen molar-refractivity contribution < 1.29 is 23.0 Å². The summed E-state index contributed by atoms with van der Waals surface area (Å²) in [4.78, 5) is 14.3. The molecule has 6 nitrogen and oxygen atoms in total. The lowest BCUT2D eigenvalue weighted by Crippen LogP contribution is -2.42. The van der Waals surface area contributed by atoms with Gasteiger partial charge in [0.2, 0.25) is 5.91 Å². The van der Waals surface area contributed by atoms with E-state index in [1.54, 1.807) is 14.2 Å². The first kappa shape index (κ1) is 24.5. The Morgan fingerprint density at radius 1 is 1.25 bits per heavy atom. The summed E-state index contributed by atoms with van der Waals surface area (Å²) in [5.41, 5.74) is 1.01. The number of nitrogens with zero attached hydrogens (tertiary/aromatic N) is 1. The molecule has 0 bridgehead atoms. The minimum Gasteiger partial charge on any atom is -0.497 e. The second-order valence-electron chi connectivity index (χ2n) is 6.91. The number of alkyl halides is 2. The zero-order chi connectivity index (χ0) is 18.7. The average molecular weight is 442 g/mol. The number of benzene rings is 1. The van der Waals surface area contributed by atoms with Gasteiger partial charge in [0.05, 0.1) is 26.8 Å². The summed E-state index contributed by atoms with van der Waals surface area (Å²) in [7, 11) is 3.23. The number of hydrogen-bond acceptors (Lipinski definition) is 5. The van der Waals surface area contributed by atoms with Crippen molar-refractivity contribution in [3.8, 4) is 11.5 Å². The molecule has 0 aromatic heterocycles. The van der Waals surface area contributed by atoms with E-state index in [0.29, 0.717) is 6.54 Å². The average Bonchev–Trinajstić information content (AvgIpc) is 3.25. The Kier molecular flexibility index (Phi) is 9.04. The minimum atomic E-state index is -2.79. The Bertz CT molecular complexity index is 645. The molecular weight excluding hydrogens is 415 g/mol. The lowest BCUT2D eigenvalue weighted by molar-refractivity contribution is -0.123. The summed E-state index contributed by atoms with van der Waals surface area (Å²) in [6.07, 6.45) is 0.493. The van der Waals surface area contributed by atoms with Gasteiger partial charge in [-0.05, 0) is 12.3 Å². The zero-order valence-electron chi connectivity index (χ0n) is 15.9. The molecule has 2 atom stereocenters. The molecule has 28 heavy (non-hydrogen) atoms.